The van der Waals surface area contributed by atoms with Gasteiger partial charge in [0.05, 0.1) is 0 Å². The van der Waals surface area contributed by atoms with Gasteiger partial charge in [-0.1, -0.05) is 91.5 Å². The number of benzene rings is 3. The van der Waals surface area contributed by atoms with Crippen LogP contribution in [-0.4, -0.2) is 15.9 Å². The molecule has 3 nitrogen and oxygen atoms in total. The third kappa shape index (κ3) is 7.59. The summed E-state index contributed by atoms with van der Waals surface area (Å²) in [6.07, 6.45) is 6.71. The Kier molecular flexibility index (Phi) is 12.0. The summed E-state index contributed by atoms with van der Waals surface area (Å²) in [5.41, 5.74) is 2.90. The van der Waals surface area contributed by atoms with Crippen molar-refractivity contribution in [2.45, 2.75) is 100 Å². The summed E-state index contributed by atoms with van der Waals surface area (Å²) in [6.45, 7) is 21.1. The number of pyridine rings is 1. The second-order valence-corrected chi connectivity index (χ2v) is 17.0. The molecule has 261 valence electrons. The maximum atomic E-state index is 12.2. The van der Waals surface area contributed by atoms with Crippen LogP contribution in [0.15, 0.2) is 72.6 Å². The van der Waals surface area contributed by atoms with E-state index >= 15 is 0 Å². The fourth-order valence-corrected chi connectivity index (χ4v) is 8.44. The van der Waals surface area contributed by atoms with Gasteiger partial charge in [-0.05, 0) is 67.7 Å². The van der Waals surface area contributed by atoms with Gasteiger partial charge in [-0.15, -0.1) is 51.8 Å². The number of nitrogens with zero attached hydrogens (tertiary/aromatic N) is 1. The number of aliphatic hydroxyl groups is 1. The van der Waals surface area contributed by atoms with Gasteiger partial charge in [0, 0.05) is 78.7 Å². The van der Waals surface area contributed by atoms with E-state index in [4.69, 9.17) is 4.98 Å². The molecule has 0 fully saturated rings. The van der Waals surface area contributed by atoms with Crippen LogP contribution in [0.25, 0.3) is 52.3 Å². The van der Waals surface area contributed by atoms with E-state index in [1.807, 2.05) is 70.4 Å². The monoisotopic (exact) mass is 869 g/mol. The SMILES string of the molecule is CCC(C)(CC)C(=O)/C=C(\O)C(C)(CC)CC.Cc1cc2c(ccc3sc4c(-c5[c-]c6ccccc6c(C(C)(C)C)c5)nccc4c32)s1.[Ir]. The number of hydrogen-bond acceptors (Lipinski definition) is 5. The first kappa shape index (κ1) is 38.9. The van der Waals surface area contributed by atoms with Gasteiger partial charge >= 0.3 is 0 Å². The zero-order valence-corrected chi connectivity index (χ0v) is 34.7. The Bertz CT molecular complexity index is 2140. The van der Waals surface area contributed by atoms with Crippen LogP contribution in [0, 0.1) is 23.8 Å². The number of hydrogen-bond donors (Lipinski definition) is 1. The van der Waals surface area contributed by atoms with E-state index in [-0.39, 0.29) is 47.9 Å². The third-order valence-electron chi connectivity index (χ3n) is 10.6. The molecule has 3 heterocycles. The fourth-order valence-electron chi connectivity index (χ4n) is 6.29. The van der Waals surface area contributed by atoms with Gasteiger partial charge in [-0.2, -0.15) is 0 Å². The Morgan fingerprint density at radius 1 is 0.816 bits per heavy atom. The molecule has 1 radical (unpaired) electrons. The van der Waals surface area contributed by atoms with Gasteiger partial charge < -0.3 is 5.11 Å². The molecule has 6 heteroatoms. The minimum Gasteiger partial charge on any atom is -0.512 e. The summed E-state index contributed by atoms with van der Waals surface area (Å²) in [5, 5.41) is 16.6. The molecule has 0 bridgehead atoms. The molecule has 0 aliphatic heterocycles. The van der Waals surface area contributed by atoms with Crippen molar-refractivity contribution in [2.24, 2.45) is 10.8 Å². The smallest absolute Gasteiger partial charge is 0.164 e. The molecular weight excluding hydrogens is 819 g/mol. The maximum absolute atomic E-state index is 12.2. The molecule has 0 saturated heterocycles. The van der Waals surface area contributed by atoms with Crippen molar-refractivity contribution in [3.05, 3.63) is 89.1 Å². The van der Waals surface area contributed by atoms with Crippen molar-refractivity contribution in [3.63, 3.8) is 0 Å². The molecule has 49 heavy (non-hydrogen) atoms. The summed E-state index contributed by atoms with van der Waals surface area (Å²) in [5.74, 6) is 0.286. The Labute approximate surface area is 314 Å². The number of aliphatic hydroxyl groups excluding tert-OH is 1. The number of fused-ring (bicyclic) bond motifs is 6. The van der Waals surface area contributed by atoms with Crippen molar-refractivity contribution in [2.75, 3.05) is 0 Å². The molecule has 1 N–H and O–H groups in total. The van der Waals surface area contributed by atoms with Crippen LogP contribution >= 0.6 is 22.7 Å². The predicted octanol–water partition coefficient (Wildman–Crippen LogP) is 13.5. The van der Waals surface area contributed by atoms with E-state index in [0.29, 0.717) is 0 Å². The van der Waals surface area contributed by atoms with Gasteiger partial charge in [0.1, 0.15) is 5.76 Å². The van der Waals surface area contributed by atoms with Crippen LogP contribution in [0.1, 0.15) is 98.4 Å². The molecule has 3 aromatic heterocycles. The summed E-state index contributed by atoms with van der Waals surface area (Å²) in [4.78, 5) is 18.4. The van der Waals surface area contributed by atoms with Gasteiger partial charge in [0.25, 0.3) is 0 Å². The largest absolute Gasteiger partial charge is 0.512 e. The van der Waals surface area contributed by atoms with E-state index < -0.39 is 0 Å². The van der Waals surface area contributed by atoms with E-state index in [9.17, 15) is 9.90 Å². The summed E-state index contributed by atoms with van der Waals surface area (Å²) in [6, 6.07) is 23.6. The number of aromatic nitrogens is 1. The molecule has 3 aromatic carbocycles. The van der Waals surface area contributed by atoms with Crippen molar-refractivity contribution >= 4 is 69.5 Å². The zero-order valence-electron chi connectivity index (χ0n) is 30.6. The quantitative estimate of drug-likeness (QED) is 0.0942. The number of rotatable bonds is 8. The van der Waals surface area contributed by atoms with Crippen molar-refractivity contribution in [1.82, 2.24) is 4.98 Å². The van der Waals surface area contributed by atoms with Crippen molar-refractivity contribution < 1.29 is 30.0 Å². The zero-order chi connectivity index (χ0) is 35.0. The van der Waals surface area contributed by atoms with Crippen LogP contribution in [0.4, 0.5) is 0 Å². The minimum atomic E-state index is -0.337. The van der Waals surface area contributed by atoms with E-state index in [1.54, 1.807) is 0 Å². The number of allylic oxidation sites excluding steroid dienone is 2. The number of carbonyl (C=O) groups excluding carboxylic acids is 1. The second kappa shape index (κ2) is 15.2. The number of carbonyl (C=O) groups is 1. The second-order valence-electron chi connectivity index (χ2n) is 14.7. The van der Waals surface area contributed by atoms with Crippen LogP contribution < -0.4 is 0 Å². The van der Waals surface area contributed by atoms with Crippen LogP contribution in [0.3, 0.4) is 0 Å². The molecule has 6 aromatic rings. The first-order valence-corrected chi connectivity index (χ1v) is 18.9. The Morgan fingerprint density at radius 2 is 1.45 bits per heavy atom. The summed E-state index contributed by atoms with van der Waals surface area (Å²) in [7, 11) is 0. The van der Waals surface area contributed by atoms with Gasteiger partial charge in [0.2, 0.25) is 0 Å². The van der Waals surface area contributed by atoms with Crippen LogP contribution in [-0.2, 0) is 30.3 Å². The van der Waals surface area contributed by atoms with Gasteiger partial charge in [-0.3, -0.25) is 9.78 Å². The molecule has 0 atom stereocenters. The van der Waals surface area contributed by atoms with E-state index in [2.05, 4.69) is 88.4 Å². The fraction of sp³-hybridized carbons (Fsp3) is 0.395. The summed E-state index contributed by atoms with van der Waals surface area (Å²) >= 11 is 3.72. The molecule has 6 rings (SSSR count). The molecule has 0 amide bonds. The molecule has 0 spiro atoms. The molecular formula is C43H50IrNO2S2-. The number of thiophene rings is 2. The topological polar surface area (TPSA) is 50.2 Å². The Balaban J connectivity index is 0.000000260. The molecule has 0 aliphatic rings. The normalized spacial score (nSPS) is 12.7. The van der Waals surface area contributed by atoms with Crippen LogP contribution in [0.2, 0.25) is 0 Å². The van der Waals surface area contributed by atoms with Crippen LogP contribution in [0.5, 0.6) is 0 Å². The average Bonchev–Trinajstić information content (AvgIpc) is 3.66. The first-order valence-electron chi connectivity index (χ1n) is 17.3. The molecule has 0 saturated carbocycles. The average molecular weight is 869 g/mol. The Morgan fingerprint density at radius 3 is 2.08 bits per heavy atom. The molecule has 0 unspecified atom stereocenters. The van der Waals surface area contributed by atoms with Gasteiger partial charge in [-0.25, -0.2) is 0 Å². The number of ketones is 1. The third-order valence-corrected chi connectivity index (χ3v) is 12.8. The van der Waals surface area contributed by atoms with Gasteiger partial charge in [0.15, 0.2) is 5.78 Å². The summed E-state index contributed by atoms with van der Waals surface area (Å²) < 4.78 is 3.93. The van der Waals surface area contributed by atoms with E-state index in [1.165, 1.54) is 52.2 Å². The Hall–Kier alpha value is -2.89. The maximum Gasteiger partial charge on any atom is 0.164 e. The van der Waals surface area contributed by atoms with Crippen molar-refractivity contribution in [3.8, 4) is 11.3 Å². The van der Waals surface area contributed by atoms with Crippen molar-refractivity contribution in [1.29, 1.82) is 0 Å². The molecule has 0 aliphatic carbocycles. The minimum absolute atomic E-state index is 0. The van der Waals surface area contributed by atoms with E-state index in [0.717, 1.165) is 42.3 Å². The number of aryl methyl sites for hydroxylation is 1. The first-order chi connectivity index (χ1) is 22.7. The predicted molar refractivity (Wildman–Crippen MR) is 211 cm³/mol. The standard InChI is InChI=1S/C28H22NS2.C15H28O2.Ir/c1-16-13-21-23(30-16)9-10-24-25(21)20-11-12-29-26(27(20)31-24)18-14-17-7-5-6-8-19(17)22(15-18)28(2,3)4;1-7-14(5,8-2)12(16)11-13(17)15(6,9-3)10-4;/h5-13,15H,1-4H3;11,16H,7-10H2,1-6H3;/q-1;;/b;12-11-;.